The summed E-state index contributed by atoms with van der Waals surface area (Å²) in [5.74, 6) is -0.625. The SMILES string of the molecule is NC(=O)CCC1CCCN(C(=O)C2CCCN(C(=O)c3ccc(F)cc3)C2)C1. The fourth-order valence-corrected chi connectivity index (χ4v) is 4.24. The molecule has 2 aliphatic rings. The molecule has 0 aliphatic carbocycles. The van der Waals surface area contributed by atoms with Gasteiger partial charge in [0.25, 0.3) is 5.91 Å². The Labute approximate surface area is 164 Å². The van der Waals surface area contributed by atoms with Gasteiger partial charge >= 0.3 is 0 Å². The summed E-state index contributed by atoms with van der Waals surface area (Å²) < 4.78 is 13.1. The van der Waals surface area contributed by atoms with E-state index in [0.717, 1.165) is 38.6 Å². The van der Waals surface area contributed by atoms with Crippen LogP contribution in [-0.4, -0.2) is 53.7 Å². The Hall–Kier alpha value is -2.44. The van der Waals surface area contributed by atoms with Gasteiger partial charge in [0.05, 0.1) is 5.92 Å². The van der Waals surface area contributed by atoms with Crippen molar-refractivity contribution in [1.29, 1.82) is 0 Å². The van der Waals surface area contributed by atoms with Gasteiger partial charge < -0.3 is 15.5 Å². The van der Waals surface area contributed by atoms with Crippen molar-refractivity contribution in [2.75, 3.05) is 26.2 Å². The third-order valence-corrected chi connectivity index (χ3v) is 5.78. The van der Waals surface area contributed by atoms with Gasteiger partial charge in [-0.25, -0.2) is 4.39 Å². The highest BCUT2D eigenvalue weighted by Gasteiger charge is 2.33. The van der Waals surface area contributed by atoms with Gasteiger partial charge in [-0.3, -0.25) is 14.4 Å². The first-order valence-electron chi connectivity index (χ1n) is 10.1. The maximum atomic E-state index is 13.1. The number of rotatable bonds is 5. The topological polar surface area (TPSA) is 83.7 Å². The zero-order valence-electron chi connectivity index (χ0n) is 16.1. The minimum atomic E-state index is -0.376. The van der Waals surface area contributed by atoms with E-state index in [2.05, 4.69) is 0 Å². The number of carbonyl (C=O) groups is 3. The van der Waals surface area contributed by atoms with Crippen molar-refractivity contribution >= 4 is 17.7 Å². The van der Waals surface area contributed by atoms with Crippen molar-refractivity contribution in [2.45, 2.75) is 38.5 Å². The lowest BCUT2D eigenvalue weighted by Gasteiger charge is -2.38. The molecular weight excluding hydrogens is 361 g/mol. The number of piperidine rings is 2. The summed E-state index contributed by atoms with van der Waals surface area (Å²) in [5.41, 5.74) is 5.69. The molecule has 152 valence electrons. The van der Waals surface area contributed by atoms with Gasteiger partial charge in [0.2, 0.25) is 11.8 Å². The van der Waals surface area contributed by atoms with E-state index in [1.165, 1.54) is 24.3 Å². The Kier molecular flexibility index (Phi) is 6.65. The molecule has 0 spiro atoms. The van der Waals surface area contributed by atoms with E-state index in [4.69, 9.17) is 5.73 Å². The first-order valence-corrected chi connectivity index (χ1v) is 10.1. The first kappa shape index (κ1) is 20.3. The van der Waals surface area contributed by atoms with E-state index in [1.807, 2.05) is 4.90 Å². The second-order valence-electron chi connectivity index (χ2n) is 7.89. The summed E-state index contributed by atoms with van der Waals surface area (Å²) in [5, 5.41) is 0. The molecule has 0 radical (unpaired) electrons. The Bertz CT molecular complexity index is 722. The fraction of sp³-hybridized carbons (Fsp3) is 0.571. The highest BCUT2D eigenvalue weighted by atomic mass is 19.1. The average molecular weight is 389 g/mol. The average Bonchev–Trinajstić information content (AvgIpc) is 2.72. The summed E-state index contributed by atoms with van der Waals surface area (Å²) in [7, 11) is 0. The quantitative estimate of drug-likeness (QED) is 0.838. The van der Waals surface area contributed by atoms with Crippen molar-refractivity contribution in [3.8, 4) is 0 Å². The predicted octanol–water partition coefficient (Wildman–Crippen LogP) is 2.18. The van der Waals surface area contributed by atoms with Gasteiger partial charge in [-0.05, 0) is 62.3 Å². The highest BCUT2D eigenvalue weighted by molar-refractivity contribution is 5.94. The summed E-state index contributed by atoms with van der Waals surface area (Å²) in [6, 6.07) is 5.52. The second kappa shape index (κ2) is 9.17. The first-order chi connectivity index (χ1) is 13.4. The number of halogens is 1. The molecule has 0 bridgehead atoms. The van der Waals surface area contributed by atoms with Crippen LogP contribution in [0.1, 0.15) is 48.9 Å². The van der Waals surface area contributed by atoms with Crippen molar-refractivity contribution in [3.63, 3.8) is 0 Å². The lowest BCUT2D eigenvalue weighted by Crippen LogP contribution is -2.49. The molecule has 28 heavy (non-hydrogen) atoms. The van der Waals surface area contributed by atoms with Crippen LogP contribution in [0.3, 0.4) is 0 Å². The maximum absolute atomic E-state index is 13.1. The van der Waals surface area contributed by atoms with E-state index in [0.29, 0.717) is 37.5 Å². The number of hydrogen-bond donors (Lipinski definition) is 1. The standard InChI is InChI=1S/C21H28FN3O3/c22-18-8-6-16(7-9-18)20(27)25-12-2-4-17(14-25)21(28)24-11-1-3-15(13-24)5-10-19(23)26/h6-9,15,17H,1-5,10-14H2,(H2,23,26). The van der Waals surface area contributed by atoms with E-state index < -0.39 is 0 Å². The lowest BCUT2D eigenvalue weighted by molar-refractivity contribution is -0.138. The molecule has 3 amide bonds. The monoisotopic (exact) mass is 389 g/mol. The normalized spacial score (nSPS) is 22.8. The molecule has 2 aliphatic heterocycles. The summed E-state index contributed by atoms with van der Waals surface area (Å²) in [6.45, 7) is 2.40. The molecule has 1 aromatic rings. The zero-order chi connectivity index (χ0) is 20.1. The minimum absolute atomic E-state index is 0.0976. The number of carbonyl (C=O) groups excluding carboxylic acids is 3. The van der Waals surface area contributed by atoms with Crippen LogP contribution in [-0.2, 0) is 9.59 Å². The van der Waals surface area contributed by atoms with Crippen molar-refractivity contribution < 1.29 is 18.8 Å². The third kappa shape index (κ3) is 5.09. The number of amides is 3. The van der Waals surface area contributed by atoms with Crippen LogP contribution >= 0.6 is 0 Å². The van der Waals surface area contributed by atoms with E-state index in [1.54, 1.807) is 4.90 Å². The minimum Gasteiger partial charge on any atom is -0.370 e. The third-order valence-electron chi connectivity index (χ3n) is 5.78. The number of likely N-dealkylation sites (tertiary alicyclic amines) is 2. The van der Waals surface area contributed by atoms with Gasteiger partial charge in [-0.15, -0.1) is 0 Å². The second-order valence-corrected chi connectivity index (χ2v) is 7.89. The van der Waals surface area contributed by atoms with E-state index in [9.17, 15) is 18.8 Å². The summed E-state index contributed by atoms with van der Waals surface area (Å²) in [6.07, 6.45) is 4.57. The molecule has 1 aromatic carbocycles. The number of nitrogens with two attached hydrogens (primary N) is 1. The molecule has 2 unspecified atom stereocenters. The smallest absolute Gasteiger partial charge is 0.253 e. The molecule has 2 N–H and O–H groups in total. The van der Waals surface area contributed by atoms with Crippen molar-refractivity contribution in [3.05, 3.63) is 35.6 Å². The Balaban J connectivity index is 1.58. The molecule has 2 heterocycles. The van der Waals surface area contributed by atoms with Crippen LogP contribution in [0.25, 0.3) is 0 Å². The number of primary amides is 1. The van der Waals surface area contributed by atoms with E-state index in [-0.39, 0.29) is 29.5 Å². The van der Waals surface area contributed by atoms with Crippen LogP contribution in [0.2, 0.25) is 0 Å². The number of hydrogen-bond acceptors (Lipinski definition) is 3. The molecule has 6 nitrogen and oxygen atoms in total. The van der Waals surface area contributed by atoms with Gasteiger partial charge in [-0.2, -0.15) is 0 Å². The Morgan fingerprint density at radius 1 is 1.00 bits per heavy atom. The van der Waals surface area contributed by atoms with Gasteiger partial charge in [-0.1, -0.05) is 0 Å². The van der Waals surface area contributed by atoms with Crippen LogP contribution < -0.4 is 5.73 Å². The van der Waals surface area contributed by atoms with Crippen LogP contribution in [0.4, 0.5) is 4.39 Å². The number of nitrogens with zero attached hydrogens (tertiary/aromatic N) is 2. The molecule has 2 atom stereocenters. The van der Waals surface area contributed by atoms with Crippen molar-refractivity contribution in [2.24, 2.45) is 17.6 Å². The predicted molar refractivity (Wildman–Crippen MR) is 103 cm³/mol. The number of benzene rings is 1. The molecule has 0 saturated carbocycles. The van der Waals surface area contributed by atoms with Crippen molar-refractivity contribution in [1.82, 2.24) is 9.80 Å². The van der Waals surface area contributed by atoms with Gasteiger partial charge in [0.15, 0.2) is 0 Å². The summed E-state index contributed by atoms with van der Waals surface area (Å²) in [4.78, 5) is 40.3. The fourth-order valence-electron chi connectivity index (χ4n) is 4.24. The molecule has 3 rings (SSSR count). The Morgan fingerprint density at radius 3 is 2.39 bits per heavy atom. The zero-order valence-corrected chi connectivity index (χ0v) is 16.1. The maximum Gasteiger partial charge on any atom is 0.253 e. The lowest BCUT2D eigenvalue weighted by atomic mass is 9.90. The highest BCUT2D eigenvalue weighted by Crippen LogP contribution is 2.26. The van der Waals surface area contributed by atoms with Crippen LogP contribution in [0, 0.1) is 17.7 Å². The molecular formula is C21H28FN3O3. The molecule has 2 saturated heterocycles. The molecule has 0 aromatic heterocycles. The van der Waals surface area contributed by atoms with Gasteiger partial charge in [0, 0.05) is 38.2 Å². The Morgan fingerprint density at radius 2 is 1.68 bits per heavy atom. The summed E-state index contributed by atoms with van der Waals surface area (Å²) >= 11 is 0. The largest absolute Gasteiger partial charge is 0.370 e. The van der Waals surface area contributed by atoms with Crippen LogP contribution in [0.15, 0.2) is 24.3 Å². The molecule has 2 fully saturated rings. The van der Waals surface area contributed by atoms with Crippen LogP contribution in [0.5, 0.6) is 0 Å². The molecule has 7 heteroatoms. The van der Waals surface area contributed by atoms with E-state index >= 15 is 0 Å². The van der Waals surface area contributed by atoms with Gasteiger partial charge in [0.1, 0.15) is 5.82 Å².